The Morgan fingerprint density at radius 2 is 2.00 bits per heavy atom. The van der Waals surface area contributed by atoms with Crippen molar-refractivity contribution in [2.45, 2.75) is 5.16 Å². The minimum atomic E-state index is -3.63. The van der Waals surface area contributed by atoms with Crippen molar-refractivity contribution in [3.05, 3.63) is 11.0 Å². The van der Waals surface area contributed by atoms with Gasteiger partial charge in [0, 0.05) is 6.26 Å². The van der Waals surface area contributed by atoms with E-state index >= 15 is 0 Å². The van der Waals surface area contributed by atoms with E-state index in [9.17, 15) is 12.8 Å². The second kappa shape index (κ2) is 3.66. The van der Waals surface area contributed by atoms with Gasteiger partial charge in [-0.2, -0.15) is 9.37 Å². The number of halogens is 2. The van der Waals surface area contributed by atoms with Crippen LogP contribution >= 0.6 is 11.6 Å². The zero-order valence-corrected chi connectivity index (χ0v) is 8.86. The lowest BCUT2D eigenvalue weighted by Gasteiger charge is -2.03. The Labute approximate surface area is 84.8 Å². The van der Waals surface area contributed by atoms with Gasteiger partial charge in [0.25, 0.3) is 11.0 Å². The molecule has 1 rings (SSSR count). The van der Waals surface area contributed by atoms with Crippen molar-refractivity contribution in [1.29, 1.82) is 0 Å². The lowest BCUT2D eigenvalue weighted by atomic mass is 10.6. The van der Waals surface area contributed by atoms with Gasteiger partial charge in [0.15, 0.2) is 5.15 Å². The number of methoxy groups -OCH3 is 1. The molecule has 0 aliphatic heterocycles. The number of nitrogens with zero attached hydrogens (tertiary/aromatic N) is 2. The van der Waals surface area contributed by atoms with Crippen molar-refractivity contribution in [2.75, 3.05) is 13.4 Å². The van der Waals surface area contributed by atoms with E-state index in [1.165, 1.54) is 0 Å². The normalized spacial score (nSPS) is 11.4. The average Bonchev–Trinajstić information content (AvgIpc) is 2.07. The summed E-state index contributed by atoms with van der Waals surface area (Å²) in [5.41, 5.74) is 0. The van der Waals surface area contributed by atoms with E-state index in [1.807, 2.05) is 0 Å². The van der Waals surface area contributed by atoms with Gasteiger partial charge in [0.1, 0.15) is 0 Å². The minimum absolute atomic E-state index is 0.495. The molecule has 0 saturated heterocycles. The Morgan fingerprint density at radius 1 is 1.43 bits per heavy atom. The summed E-state index contributed by atoms with van der Waals surface area (Å²) < 4.78 is 39.5. The van der Waals surface area contributed by atoms with Gasteiger partial charge in [-0.3, -0.25) is 0 Å². The number of rotatable bonds is 2. The fourth-order valence-corrected chi connectivity index (χ4v) is 1.40. The molecule has 0 bridgehead atoms. The second-order valence-electron chi connectivity index (χ2n) is 2.39. The number of hydrogen-bond donors (Lipinski definition) is 0. The smallest absolute Gasteiger partial charge is 0.256 e. The van der Waals surface area contributed by atoms with Gasteiger partial charge in [0.2, 0.25) is 15.7 Å². The van der Waals surface area contributed by atoms with Gasteiger partial charge in [-0.1, -0.05) is 11.6 Å². The van der Waals surface area contributed by atoms with E-state index in [1.54, 1.807) is 0 Å². The van der Waals surface area contributed by atoms with E-state index in [4.69, 9.17) is 11.6 Å². The van der Waals surface area contributed by atoms with Crippen molar-refractivity contribution < 1.29 is 17.5 Å². The van der Waals surface area contributed by atoms with Gasteiger partial charge < -0.3 is 4.74 Å². The molecule has 0 aliphatic rings. The molecule has 0 amide bonds. The van der Waals surface area contributed by atoms with Crippen molar-refractivity contribution in [3.63, 3.8) is 0 Å². The standard InChI is InChI=1S/C6H6ClFN2O3S/c1-13-5-3(8)4(7)9-6(10-5)14(2,11)12/h1-2H3. The molecule has 1 aromatic heterocycles. The number of aromatic nitrogens is 2. The summed E-state index contributed by atoms with van der Waals surface area (Å²) in [4.78, 5) is 6.61. The second-order valence-corrected chi connectivity index (χ2v) is 4.66. The molecule has 0 fully saturated rings. The van der Waals surface area contributed by atoms with Crippen LogP contribution in [0.15, 0.2) is 5.16 Å². The fraction of sp³-hybridized carbons (Fsp3) is 0.333. The van der Waals surface area contributed by atoms with Crippen LogP contribution in [0.4, 0.5) is 4.39 Å². The maximum absolute atomic E-state index is 13.0. The molecule has 14 heavy (non-hydrogen) atoms. The first kappa shape index (κ1) is 11.1. The van der Waals surface area contributed by atoms with E-state index < -0.39 is 31.8 Å². The van der Waals surface area contributed by atoms with Crippen LogP contribution in [0.1, 0.15) is 0 Å². The molecule has 5 nitrogen and oxygen atoms in total. The Balaban J connectivity index is 3.46. The molecule has 0 radical (unpaired) electrons. The van der Waals surface area contributed by atoms with Gasteiger partial charge in [-0.15, -0.1) is 0 Å². The Kier molecular flexibility index (Phi) is 2.91. The van der Waals surface area contributed by atoms with Crippen molar-refractivity contribution in [3.8, 4) is 5.88 Å². The van der Waals surface area contributed by atoms with Gasteiger partial charge in [-0.05, 0) is 0 Å². The molecule has 8 heteroatoms. The lowest BCUT2D eigenvalue weighted by molar-refractivity contribution is 0.361. The summed E-state index contributed by atoms with van der Waals surface area (Å²) in [5.74, 6) is -1.48. The molecule has 0 spiro atoms. The largest absolute Gasteiger partial charge is 0.479 e. The number of ether oxygens (including phenoxy) is 1. The maximum Gasteiger partial charge on any atom is 0.256 e. The van der Waals surface area contributed by atoms with Gasteiger partial charge >= 0.3 is 0 Å². The SMILES string of the molecule is COc1nc(S(C)(=O)=O)nc(Cl)c1F. The maximum atomic E-state index is 13.0. The predicted molar refractivity (Wildman–Crippen MR) is 46.7 cm³/mol. The number of hydrogen-bond acceptors (Lipinski definition) is 5. The Bertz CT molecular complexity index is 462. The lowest BCUT2D eigenvalue weighted by Crippen LogP contribution is -2.07. The summed E-state index contributed by atoms with van der Waals surface area (Å²) in [7, 11) is -2.48. The summed E-state index contributed by atoms with van der Waals surface area (Å²) in [6.07, 6.45) is 0.885. The van der Waals surface area contributed by atoms with Gasteiger partial charge in [0.05, 0.1) is 7.11 Å². The minimum Gasteiger partial charge on any atom is -0.479 e. The van der Waals surface area contributed by atoms with E-state index in [-0.39, 0.29) is 0 Å². The highest BCUT2D eigenvalue weighted by atomic mass is 35.5. The molecule has 0 aliphatic carbocycles. The van der Waals surface area contributed by atoms with Crippen LogP contribution in [0.2, 0.25) is 5.15 Å². The van der Waals surface area contributed by atoms with Crippen LogP contribution in [0.25, 0.3) is 0 Å². The zero-order chi connectivity index (χ0) is 10.9. The van der Waals surface area contributed by atoms with Crippen molar-refractivity contribution >= 4 is 21.4 Å². The molecular formula is C6H6ClFN2O3S. The molecule has 0 atom stereocenters. The fourth-order valence-electron chi connectivity index (χ4n) is 0.683. The molecule has 1 aromatic rings. The summed E-state index contributed by atoms with van der Waals surface area (Å²) in [6, 6.07) is 0. The predicted octanol–water partition coefficient (Wildman–Crippen LogP) is 0.681. The molecular weight excluding hydrogens is 235 g/mol. The van der Waals surface area contributed by atoms with Crippen molar-refractivity contribution in [2.24, 2.45) is 0 Å². The average molecular weight is 241 g/mol. The van der Waals surface area contributed by atoms with Crippen LogP contribution < -0.4 is 4.74 Å². The van der Waals surface area contributed by atoms with Crippen LogP contribution in [0.5, 0.6) is 5.88 Å². The zero-order valence-electron chi connectivity index (χ0n) is 7.28. The van der Waals surface area contributed by atoms with Crippen LogP contribution in [0, 0.1) is 5.82 Å². The van der Waals surface area contributed by atoms with Crippen molar-refractivity contribution in [1.82, 2.24) is 9.97 Å². The Hall–Kier alpha value is -0.950. The highest BCUT2D eigenvalue weighted by Gasteiger charge is 2.19. The third kappa shape index (κ3) is 2.10. The van der Waals surface area contributed by atoms with Gasteiger partial charge in [-0.25, -0.2) is 13.4 Å². The third-order valence-corrected chi connectivity index (χ3v) is 2.38. The molecule has 0 aromatic carbocycles. The highest BCUT2D eigenvalue weighted by Crippen LogP contribution is 2.21. The quantitative estimate of drug-likeness (QED) is 0.562. The van der Waals surface area contributed by atoms with Crippen LogP contribution in [0.3, 0.4) is 0 Å². The first-order chi connectivity index (χ1) is 6.36. The first-order valence-corrected chi connectivity index (χ1v) is 5.60. The summed E-state index contributed by atoms with van der Waals surface area (Å²) in [5, 5.41) is -1.15. The molecule has 0 unspecified atom stereocenters. The highest BCUT2D eigenvalue weighted by molar-refractivity contribution is 7.90. The molecule has 78 valence electrons. The topological polar surface area (TPSA) is 69.2 Å². The third-order valence-electron chi connectivity index (χ3n) is 1.28. The van der Waals surface area contributed by atoms with E-state index in [0.29, 0.717) is 0 Å². The monoisotopic (exact) mass is 240 g/mol. The van der Waals surface area contributed by atoms with E-state index in [0.717, 1.165) is 13.4 Å². The Morgan fingerprint density at radius 3 is 2.43 bits per heavy atom. The van der Waals surface area contributed by atoms with Crippen LogP contribution in [-0.2, 0) is 9.84 Å². The molecule has 0 saturated carbocycles. The molecule has 0 N–H and O–H groups in total. The molecule has 1 heterocycles. The summed E-state index contributed by atoms with van der Waals surface area (Å²) in [6.45, 7) is 0. The number of sulfone groups is 1. The first-order valence-electron chi connectivity index (χ1n) is 3.33. The van der Waals surface area contributed by atoms with Crippen LogP contribution in [-0.4, -0.2) is 31.8 Å². The van der Waals surface area contributed by atoms with E-state index in [2.05, 4.69) is 14.7 Å². The summed E-state index contributed by atoms with van der Waals surface area (Å²) >= 11 is 5.33.